The molecule has 104 heavy (non-hydrogen) atoms. The van der Waals surface area contributed by atoms with Gasteiger partial charge in [-0.2, -0.15) is 0 Å². The summed E-state index contributed by atoms with van der Waals surface area (Å²) < 4.78 is 0. The van der Waals surface area contributed by atoms with Gasteiger partial charge in [-0.3, -0.25) is 71.9 Å². The minimum atomic E-state index is -2.05. The molecule has 31 heteroatoms. The number of nitrogens with two attached hydrogens (primary N) is 2. The Labute approximate surface area is 604 Å². The Bertz CT molecular complexity index is 3400. The largest absolute Gasteiger partial charge is 0.508 e. The predicted molar refractivity (Wildman–Crippen MR) is 379 cm³/mol. The molecule has 10 atom stereocenters. The highest BCUT2D eigenvalue weighted by atomic mass is 16.4. The van der Waals surface area contributed by atoms with Gasteiger partial charge in [0.05, 0.1) is 12.8 Å². The van der Waals surface area contributed by atoms with E-state index in [4.69, 9.17) is 11.5 Å². The van der Waals surface area contributed by atoms with E-state index in [9.17, 15) is 82.4 Å². The van der Waals surface area contributed by atoms with Crippen LogP contribution in [0.5, 0.6) is 5.75 Å². The van der Waals surface area contributed by atoms with Crippen LogP contribution in [0.15, 0.2) is 84.9 Å². The number of hydrogen-bond acceptors (Lipinski definition) is 16. The monoisotopic (exact) mass is 1450 g/mol. The summed E-state index contributed by atoms with van der Waals surface area (Å²) >= 11 is 0. The Morgan fingerprint density at radius 2 is 0.856 bits per heavy atom. The lowest BCUT2D eigenvalue weighted by Gasteiger charge is -2.31. The van der Waals surface area contributed by atoms with Gasteiger partial charge in [-0.05, 0) is 87.1 Å². The topological polar surface area (TPSA) is 492 Å². The van der Waals surface area contributed by atoms with Gasteiger partial charge in [0.1, 0.15) is 66.2 Å². The number of nitrogens with zero attached hydrogens (tertiary/aromatic N) is 1. The van der Waals surface area contributed by atoms with Gasteiger partial charge in [0.25, 0.3) is 0 Å². The molecule has 17 N–H and O–H groups in total. The van der Waals surface area contributed by atoms with Crippen LogP contribution in [0.1, 0.15) is 178 Å². The smallest absolute Gasteiger partial charge is 0.305 e. The number of benzene rings is 3. The van der Waals surface area contributed by atoms with E-state index in [2.05, 4.69) is 60.1 Å². The SMILES string of the molecule is CCCCCCCCCCCCCC(=O)NCCCC[C@@H]1NC(=O)[C@H](C)NC(=O)[C@H](Cc2ccc(O)cc2)NC(=O)[C@H](CCC(=O)O)NC(=O)[C@H](CC(N)=O)NC(=O)[C@H](CC(=O)O)NC(=O)[C@@H]2CCCN2C(=O)[C@@H](Cc2ccccc2)NC(=O)[C@H](CCC(N)=O)NC(=O)[C@H](Cc2ccccc2)NC1=O. The van der Waals surface area contributed by atoms with Crippen molar-refractivity contribution in [2.75, 3.05) is 13.1 Å². The van der Waals surface area contributed by atoms with Crippen molar-refractivity contribution in [3.05, 3.63) is 102 Å². The maximum atomic E-state index is 15.0. The summed E-state index contributed by atoms with van der Waals surface area (Å²) in [6.07, 6.45) is 7.55. The van der Waals surface area contributed by atoms with Crippen LogP contribution in [-0.2, 0) is 91.2 Å². The number of carboxylic acids is 2. The highest BCUT2D eigenvalue weighted by molar-refractivity contribution is 6.01. The highest BCUT2D eigenvalue weighted by Gasteiger charge is 2.42. The molecule has 2 heterocycles. The normalized spacial score (nSPS) is 22.3. The zero-order valence-electron chi connectivity index (χ0n) is 59.2. The second kappa shape index (κ2) is 44.8. The Morgan fingerprint density at radius 1 is 0.433 bits per heavy atom. The summed E-state index contributed by atoms with van der Waals surface area (Å²) in [6, 6.07) is 5.08. The van der Waals surface area contributed by atoms with E-state index in [-0.39, 0.29) is 69.7 Å². The second-order valence-corrected chi connectivity index (χ2v) is 26.5. The van der Waals surface area contributed by atoms with Crippen LogP contribution in [0.25, 0.3) is 0 Å². The number of nitrogens with one attached hydrogen (secondary N) is 10. The molecule has 3 aromatic rings. The van der Waals surface area contributed by atoms with Crippen molar-refractivity contribution >= 4 is 88.7 Å². The number of aliphatic carboxylic acids is 2. The van der Waals surface area contributed by atoms with E-state index in [0.29, 0.717) is 36.0 Å². The van der Waals surface area contributed by atoms with Gasteiger partial charge in [-0.1, -0.05) is 144 Å². The van der Waals surface area contributed by atoms with E-state index < -0.39 is 182 Å². The minimum absolute atomic E-state index is 0.0674. The lowest BCUT2D eigenvalue weighted by Crippen LogP contribution is -2.61. The molecule has 568 valence electrons. The molecule has 2 fully saturated rings. The number of carbonyl (C=O) groups excluding carboxylic acids is 13. The van der Waals surface area contributed by atoms with E-state index >= 15 is 4.79 Å². The molecule has 3 aromatic carbocycles. The van der Waals surface area contributed by atoms with Gasteiger partial charge < -0.3 is 84.9 Å². The predicted octanol–water partition coefficient (Wildman–Crippen LogP) is 1.28. The maximum Gasteiger partial charge on any atom is 0.305 e. The zero-order chi connectivity index (χ0) is 76.1. The van der Waals surface area contributed by atoms with Gasteiger partial charge in [0.2, 0.25) is 76.8 Å². The molecule has 0 spiro atoms. The Kier molecular flexibility index (Phi) is 36.3. The molecule has 5 rings (SSSR count). The molecular weight excluding hydrogens is 1350 g/mol. The van der Waals surface area contributed by atoms with Crippen molar-refractivity contribution in [1.82, 2.24) is 58.1 Å². The molecule has 0 bridgehead atoms. The first-order chi connectivity index (χ1) is 49.7. The van der Waals surface area contributed by atoms with Crippen LogP contribution in [0, 0.1) is 0 Å². The number of carbonyl (C=O) groups is 15. The van der Waals surface area contributed by atoms with E-state index in [1.165, 1.54) is 69.7 Å². The number of hydrogen-bond donors (Lipinski definition) is 15. The standard InChI is InChI=1S/C73H103N13O18/c1-3-4-5-6-7-8-9-10-11-12-19-29-61(90)76-38-21-20-27-50-65(96)82-54(40-46-23-15-13-16-24-46)69(100)79-51(34-36-59(74)88)67(98)85-57(42-47-25-17-14-18-26-47)73(104)86-39-22-28-58(86)72(103)84-56(44-63(93)94)71(102)83-55(43-60(75)89)70(101)80-52(35-37-62(91)92)66(97)81-53(41-48-30-32-49(87)33-31-48)68(99)77-45(2)64(95)78-50/h13-18,23-26,30-33,45,50-58,87H,3-12,19-22,27-29,34-44H2,1-2H3,(H2,74,88)(H2,75,89)(H,76,90)(H,77,99)(H,78,95)(H,79,100)(H,80,101)(H,81,97)(H,82,96)(H,83,102)(H,84,103)(H,85,98)(H,91,92)(H,93,94)/t45-,50-,51-,52-,53-,54-,55-,56-,57+,58-/m0/s1. The van der Waals surface area contributed by atoms with E-state index in [1.54, 1.807) is 60.7 Å². The lowest BCUT2D eigenvalue weighted by atomic mass is 10.0. The number of unbranched alkanes of at least 4 members (excludes halogenated alkanes) is 11. The number of phenols is 1. The molecule has 0 saturated carbocycles. The van der Waals surface area contributed by atoms with Crippen LogP contribution in [0.4, 0.5) is 0 Å². The van der Waals surface area contributed by atoms with Gasteiger partial charge >= 0.3 is 11.9 Å². The third-order valence-corrected chi connectivity index (χ3v) is 17.9. The average Bonchev–Trinajstić information content (AvgIpc) is 1.61. The van der Waals surface area contributed by atoms with Crippen molar-refractivity contribution in [3.8, 4) is 5.75 Å². The molecule has 0 aliphatic carbocycles. The van der Waals surface area contributed by atoms with Crippen LogP contribution in [-0.4, -0.2) is 182 Å². The zero-order valence-corrected chi connectivity index (χ0v) is 59.2. The Morgan fingerprint density at radius 3 is 1.38 bits per heavy atom. The molecule has 0 aromatic heterocycles. The Hall–Kier alpha value is -10.5. The quantitative estimate of drug-likeness (QED) is 0.0382. The first kappa shape index (κ1) is 84.2. The summed E-state index contributed by atoms with van der Waals surface area (Å²) in [7, 11) is 0. The van der Waals surface area contributed by atoms with Gasteiger partial charge in [0, 0.05) is 51.6 Å². The van der Waals surface area contributed by atoms with Gasteiger partial charge in [-0.15, -0.1) is 0 Å². The van der Waals surface area contributed by atoms with Gasteiger partial charge in [-0.25, -0.2) is 0 Å². The summed E-state index contributed by atoms with van der Waals surface area (Å²) in [6.45, 7) is 3.51. The number of fused-ring (bicyclic) bond motifs is 1. The average molecular weight is 1450 g/mol. The summed E-state index contributed by atoms with van der Waals surface area (Å²) in [4.78, 5) is 210. The molecule has 2 saturated heterocycles. The van der Waals surface area contributed by atoms with Crippen LogP contribution in [0.3, 0.4) is 0 Å². The summed E-state index contributed by atoms with van der Waals surface area (Å²) in [5.41, 5.74) is 12.4. The maximum absolute atomic E-state index is 15.0. The first-order valence-electron chi connectivity index (χ1n) is 35.9. The number of rotatable bonds is 33. The first-order valence-corrected chi connectivity index (χ1v) is 35.9. The fourth-order valence-electron chi connectivity index (χ4n) is 12.2. The number of amides is 13. The third kappa shape index (κ3) is 30.6. The molecule has 31 nitrogen and oxygen atoms in total. The molecule has 0 radical (unpaired) electrons. The number of phenolic OH excluding ortho intramolecular Hbond substituents is 1. The van der Waals surface area contributed by atoms with E-state index in [0.717, 1.165) is 30.6 Å². The second-order valence-electron chi connectivity index (χ2n) is 26.5. The fourth-order valence-corrected chi connectivity index (χ4v) is 12.2. The van der Waals surface area contributed by atoms with Crippen molar-refractivity contribution in [2.24, 2.45) is 11.5 Å². The minimum Gasteiger partial charge on any atom is -0.508 e. The van der Waals surface area contributed by atoms with Crippen molar-refractivity contribution in [3.63, 3.8) is 0 Å². The summed E-state index contributed by atoms with van der Waals surface area (Å²) in [5.74, 6) is -16.4. The van der Waals surface area contributed by atoms with E-state index in [1.807, 2.05) is 0 Å². The number of primary amides is 2. The molecular formula is C73H103N13O18. The molecule has 0 unspecified atom stereocenters. The Balaban J connectivity index is 1.56. The van der Waals surface area contributed by atoms with Crippen LogP contribution >= 0.6 is 0 Å². The number of aromatic hydroxyl groups is 1. The van der Waals surface area contributed by atoms with Crippen molar-refractivity contribution in [2.45, 2.75) is 241 Å². The van der Waals surface area contributed by atoms with Crippen molar-refractivity contribution < 1.29 is 87.2 Å². The summed E-state index contributed by atoms with van der Waals surface area (Å²) in [5, 5.41) is 55.2. The number of carboxylic acid groups (broad SMARTS) is 2. The third-order valence-electron chi connectivity index (χ3n) is 17.9. The molecule has 2 aliphatic heterocycles. The highest BCUT2D eigenvalue weighted by Crippen LogP contribution is 2.22. The van der Waals surface area contributed by atoms with Gasteiger partial charge in [0.15, 0.2) is 0 Å². The molecule has 13 amide bonds. The lowest BCUT2D eigenvalue weighted by molar-refractivity contribution is -0.144. The molecule has 2 aliphatic rings. The fraction of sp³-hybridized carbons (Fsp3) is 0.548. The van der Waals surface area contributed by atoms with Crippen LogP contribution in [0.2, 0.25) is 0 Å². The van der Waals surface area contributed by atoms with Crippen LogP contribution < -0.4 is 64.6 Å². The van der Waals surface area contributed by atoms with Crippen molar-refractivity contribution in [1.29, 1.82) is 0 Å².